The molecule has 120 valence electrons. The topological polar surface area (TPSA) is 15.5 Å². The van der Waals surface area contributed by atoms with Gasteiger partial charge >= 0.3 is 0 Å². The molecule has 0 bridgehead atoms. The van der Waals surface area contributed by atoms with Crippen molar-refractivity contribution in [3.63, 3.8) is 0 Å². The maximum atomic E-state index is 6.57. The molecule has 0 atom stereocenters. The summed E-state index contributed by atoms with van der Waals surface area (Å²) >= 11 is 6.57. The van der Waals surface area contributed by atoms with Crippen molar-refractivity contribution in [2.45, 2.75) is 6.92 Å². The van der Waals surface area contributed by atoms with Crippen LogP contribution in [0, 0.1) is 6.92 Å². The number of hydrogen-bond donors (Lipinski definition) is 0. The molecule has 0 aliphatic heterocycles. The van der Waals surface area contributed by atoms with Crippen molar-refractivity contribution in [3.05, 3.63) is 65.3 Å². The van der Waals surface area contributed by atoms with Gasteiger partial charge in [0, 0.05) is 17.5 Å². The van der Waals surface area contributed by atoms with E-state index in [1.54, 1.807) is 7.11 Å². The number of benzene rings is 2. The Morgan fingerprint density at radius 1 is 1.00 bits per heavy atom. The average molecular weight is 330 g/mol. The maximum absolute atomic E-state index is 6.57. The highest BCUT2D eigenvalue weighted by Gasteiger charge is 2.13. The highest BCUT2D eigenvalue weighted by Crippen LogP contribution is 2.32. The number of ether oxygens (including phenoxy) is 1. The van der Waals surface area contributed by atoms with E-state index in [0.717, 1.165) is 17.1 Å². The standard InChI is InChI=1S/C19H22ClN2O/c1-15-5-7-16(8-6-15)22(19(20)13-14-21(2)3)17-9-11-18(23-4)12-10-17/h5-14H,1-4H3/q+1. The summed E-state index contributed by atoms with van der Waals surface area (Å²) in [6, 6.07) is 16.1. The second kappa shape index (κ2) is 7.84. The minimum absolute atomic E-state index is 0.618. The smallest absolute Gasteiger partial charge is 0.165 e. The summed E-state index contributed by atoms with van der Waals surface area (Å²) in [5, 5.41) is 0.618. The summed E-state index contributed by atoms with van der Waals surface area (Å²) in [7, 11) is 5.58. The van der Waals surface area contributed by atoms with E-state index in [0.29, 0.717) is 5.16 Å². The lowest BCUT2D eigenvalue weighted by atomic mass is 10.2. The van der Waals surface area contributed by atoms with Gasteiger partial charge in [0.05, 0.1) is 7.11 Å². The zero-order chi connectivity index (χ0) is 16.8. The van der Waals surface area contributed by atoms with Crippen molar-refractivity contribution in [2.75, 3.05) is 26.1 Å². The zero-order valence-corrected chi connectivity index (χ0v) is 14.7. The van der Waals surface area contributed by atoms with Crippen molar-refractivity contribution in [2.24, 2.45) is 0 Å². The molecule has 0 amide bonds. The molecule has 0 saturated heterocycles. The number of allylic oxidation sites excluding steroid dienone is 1. The second-order valence-corrected chi connectivity index (χ2v) is 5.86. The number of hydrogen-bond acceptors (Lipinski definition) is 2. The van der Waals surface area contributed by atoms with E-state index in [9.17, 15) is 0 Å². The van der Waals surface area contributed by atoms with E-state index >= 15 is 0 Å². The highest BCUT2D eigenvalue weighted by atomic mass is 35.5. The number of methoxy groups -OCH3 is 1. The summed E-state index contributed by atoms with van der Waals surface area (Å²) in [5.41, 5.74) is 3.20. The Morgan fingerprint density at radius 3 is 2.00 bits per heavy atom. The van der Waals surface area contributed by atoms with Crippen molar-refractivity contribution >= 4 is 29.2 Å². The largest absolute Gasteiger partial charge is 0.497 e. The van der Waals surface area contributed by atoms with Gasteiger partial charge in [0.1, 0.15) is 25.0 Å². The third kappa shape index (κ3) is 4.60. The third-order valence-corrected chi connectivity index (χ3v) is 3.64. The number of rotatable bonds is 5. The molecule has 2 aromatic carbocycles. The quantitative estimate of drug-likeness (QED) is 0.454. The monoisotopic (exact) mass is 329 g/mol. The third-order valence-electron chi connectivity index (χ3n) is 3.35. The minimum Gasteiger partial charge on any atom is -0.497 e. The highest BCUT2D eigenvalue weighted by molar-refractivity contribution is 6.32. The fraction of sp³-hybridized carbons (Fsp3) is 0.211. The predicted molar refractivity (Wildman–Crippen MR) is 98.4 cm³/mol. The average Bonchev–Trinajstić information content (AvgIpc) is 2.55. The Kier molecular flexibility index (Phi) is 5.83. The van der Waals surface area contributed by atoms with Gasteiger partial charge in [-0.3, -0.25) is 0 Å². The molecule has 4 heteroatoms. The lowest BCUT2D eigenvalue weighted by Crippen LogP contribution is -2.13. The first-order valence-electron chi connectivity index (χ1n) is 7.39. The summed E-state index contributed by atoms with van der Waals surface area (Å²) in [5.74, 6) is 0.817. The lowest BCUT2D eigenvalue weighted by Gasteiger charge is -2.24. The van der Waals surface area contributed by atoms with Gasteiger partial charge in [-0.15, -0.1) is 0 Å². The molecule has 0 spiro atoms. The molecule has 0 aromatic heterocycles. The number of anilines is 2. The van der Waals surface area contributed by atoms with E-state index in [2.05, 4.69) is 31.2 Å². The molecule has 0 saturated carbocycles. The Labute approximate surface area is 143 Å². The Hall–Kier alpha value is -2.26. The Balaban J connectivity index is 2.47. The summed E-state index contributed by atoms with van der Waals surface area (Å²) in [4.78, 5) is 2.00. The fourth-order valence-corrected chi connectivity index (χ4v) is 2.36. The van der Waals surface area contributed by atoms with E-state index in [1.807, 2.05) is 60.1 Å². The second-order valence-electron chi connectivity index (χ2n) is 5.47. The molecule has 0 fully saturated rings. The molecule has 0 heterocycles. The van der Waals surface area contributed by atoms with Crippen LogP contribution in [0.25, 0.3) is 0 Å². The van der Waals surface area contributed by atoms with Gasteiger partial charge in [0.2, 0.25) is 0 Å². The van der Waals surface area contributed by atoms with Crippen LogP contribution in [0.15, 0.2) is 59.8 Å². The van der Waals surface area contributed by atoms with Gasteiger partial charge < -0.3 is 9.64 Å². The lowest BCUT2D eigenvalue weighted by molar-refractivity contribution is -0.458. The number of halogens is 1. The van der Waals surface area contributed by atoms with Gasteiger partial charge in [-0.25, -0.2) is 4.58 Å². The molecule has 3 nitrogen and oxygen atoms in total. The maximum Gasteiger partial charge on any atom is 0.165 e. The molecular weight excluding hydrogens is 308 g/mol. The molecule has 0 aliphatic rings. The van der Waals surface area contributed by atoms with Crippen LogP contribution in [0.3, 0.4) is 0 Å². The number of aryl methyl sites for hydroxylation is 1. The van der Waals surface area contributed by atoms with Gasteiger partial charge in [-0.2, -0.15) is 0 Å². The SMILES string of the molecule is COc1ccc(N(/C(Cl)=C/C=[N+](C)C)c2ccc(C)cc2)cc1. The van der Waals surface area contributed by atoms with Gasteiger partial charge in [-0.05, 0) is 43.3 Å². The first-order valence-corrected chi connectivity index (χ1v) is 7.77. The molecule has 0 radical (unpaired) electrons. The normalized spacial score (nSPS) is 11.1. The van der Waals surface area contributed by atoms with E-state index in [1.165, 1.54) is 5.56 Å². The van der Waals surface area contributed by atoms with Crippen LogP contribution >= 0.6 is 11.6 Å². The molecule has 23 heavy (non-hydrogen) atoms. The molecule has 2 aromatic rings. The summed E-state index contributed by atoms with van der Waals surface area (Å²) < 4.78 is 7.18. The van der Waals surface area contributed by atoms with Crippen molar-refractivity contribution in [1.82, 2.24) is 0 Å². The van der Waals surface area contributed by atoms with Gasteiger partial charge in [-0.1, -0.05) is 29.3 Å². The van der Waals surface area contributed by atoms with Crippen molar-refractivity contribution in [1.29, 1.82) is 0 Å². The molecule has 0 unspecified atom stereocenters. The van der Waals surface area contributed by atoms with E-state index < -0.39 is 0 Å². The van der Waals surface area contributed by atoms with Crippen LogP contribution < -0.4 is 9.64 Å². The van der Waals surface area contributed by atoms with Crippen LogP contribution in [-0.4, -0.2) is 32.0 Å². The fourth-order valence-electron chi connectivity index (χ4n) is 2.11. The minimum atomic E-state index is 0.618. The van der Waals surface area contributed by atoms with Crippen LogP contribution in [0.2, 0.25) is 0 Å². The summed E-state index contributed by atoms with van der Waals surface area (Å²) in [6.07, 6.45) is 3.80. The number of nitrogens with zero attached hydrogens (tertiary/aromatic N) is 2. The Bertz CT molecular complexity index is 699. The van der Waals surface area contributed by atoms with Crippen LogP contribution in [0.5, 0.6) is 5.75 Å². The van der Waals surface area contributed by atoms with Crippen molar-refractivity contribution < 1.29 is 9.31 Å². The first kappa shape index (κ1) is 17.1. The zero-order valence-electron chi connectivity index (χ0n) is 14.0. The first-order chi connectivity index (χ1) is 11.0. The van der Waals surface area contributed by atoms with Gasteiger partial charge in [0.15, 0.2) is 6.21 Å². The van der Waals surface area contributed by atoms with Crippen molar-refractivity contribution in [3.8, 4) is 5.75 Å². The molecule has 0 aliphatic carbocycles. The molecule has 2 rings (SSSR count). The van der Waals surface area contributed by atoms with Crippen LogP contribution in [-0.2, 0) is 0 Å². The van der Waals surface area contributed by atoms with Crippen LogP contribution in [0.4, 0.5) is 11.4 Å². The van der Waals surface area contributed by atoms with E-state index in [4.69, 9.17) is 16.3 Å². The summed E-state index contributed by atoms with van der Waals surface area (Å²) in [6.45, 7) is 2.07. The van der Waals surface area contributed by atoms with E-state index in [-0.39, 0.29) is 0 Å². The molecular formula is C19H22ClN2O+. The molecule has 0 N–H and O–H groups in total. The van der Waals surface area contributed by atoms with Crippen LogP contribution in [0.1, 0.15) is 5.56 Å². The predicted octanol–water partition coefficient (Wildman–Crippen LogP) is 4.56. The van der Waals surface area contributed by atoms with Gasteiger partial charge in [0.25, 0.3) is 0 Å². The Morgan fingerprint density at radius 2 is 1.52 bits per heavy atom.